The summed E-state index contributed by atoms with van der Waals surface area (Å²) < 4.78 is 7.45. The minimum atomic E-state index is -1.39. The third kappa shape index (κ3) is 9.56. The van der Waals surface area contributed by atoms with Crippen molar-refractivity contribution in [1.29, 1.82) is 0 Å². The van der Waals surface area contributed by atoms with E-state index in [9.17, 15) is 9.69 Å². The number of anilines is 1. The summed E-state index contributed by atoms with van der Waals surface area (Å²) in [4.78, 5) is 32.6. The van der Waals surface area contributed by atoms with Gasteiger partial charge in [0.1, 0.15) is 14.6 Å². The molecular formula is C18H36N9O3P. The van der Waals surface area contributed by atoms with Crippen molar-refractivity contribution in [3.63, 3.8) is 0 Å². The summed E-state index contributed by atoms with van der Waals surface area (Å²) in [6.45, 7) is 7.63. The fraction of sp³-hybridized carbons (Fsp3) is 0.722. The lowest BCUT2D eigenvalue weighted by molar-refractivity contribution is 0.0857. The number of imidazole rings is 1. The molecule has 0 radical (unpaired) electrons. The molecule has 2 unspecified atom stereocenters. The Morgan fingerprint density at radius 2 is 1.90 bits per heavy atom. The average molecular weight is 458 g/mol. The van der Waals surface area contributed by atoms with Crippen LogP contribution in [0.5, 0.6) is 0 Å². The fourth-order valence-electron chi connectivity index (χ4n) is 2.91. The predicted molar refractivity (Wildman–Crippen MR) is 124 cm³/mol. The molecule has 31 heavy (non-hydrogen) atoms. The van der Waals surface area contributed by atoms with Gasteiger partial charge >= 0.3 is 0 Å². The third-order valence-corrected chi connectivity index (χ3v) is 5.50. The van der Waals surface area contributed by atoms with Gasteiger partial charge in [-0.15, -0.1) is 0 Å². The van der Waals surface area contributed by atoms with Gasteiger partial charge in [0.2, 0.25) is 5.95 Å². The van der Waals surface area contributed by atoms with Crippen LogP contribution < -0.4 is 32.7 Å². The topological polar surface area (TPSA) is 181 Å². The second-order valence-electron chi connectivity index (χ2n) is 7.28. The number of H-pyrrole nitrogens is 1. The highest BCUT2D eigenvalue weighted by atomic mass is 31.2. The van der Waals surface area contributed by atoms with Gasteiger partial charge in [-0.05, 0) is 58.9 Å². The molecule has 2 aromatic rings. The predicted octanol–water partition coefficient (Wildman–Crippen LogP) is -0.734. The maximum atomic E-state index is 11.8. The van der Waals surface area contributed by atoms with Crippen LogP contribution in [-0.2, 0) is 11.3 Å². The van der Waals surface area contributed by atoms with E-state index in [-0.39, 0.29) is 29.5 Å². The van der Waals surface area contributed by atoms with E-state index in [2.05, 4.69) is 30.7 Å². The molecular weight excluding hydrogens is 421 g/mol. The van der Waals surface area contributed by atoms with E-state index in [1.807, 2.05) is 6.92 Å². The second kappa shape index (κ2) is 14.4. The van der Waals surface area contributed by atoms with Crippen LogP contribution in [0.25, 0.3) is 11.2 Å². The Morgan fingerprint density at radius 1 is 1.23 bits per heavy atom. The van der Waals surface area contributed by atoms with E-state index in [4.69, 9.17) is 16.2 Å². The van der Waals surface area contributed by atoms with Crippen LogP contribution in [0, 0.1) is 0 Å². The van der Waals surface area contributed by atoms with Crippen molar-refractivity contribution >= 4 is 25.4 Å². The molecule has 2 atom stereocenters. The van der Waals surface area contributed by atoms with Crippen molar-refractivity contribution in [3.05, 3.63) is 16.7 Å². The number of nitrogens with two attached hydrogens (primary N) is 2. The molecule has 12 nitrogen and oxygen atoms in total. The van der Waals surface area contributed by atoms with Crippen LogP contribution in [-0.4, -0.2) is 76.1 Å². The van der Waals surface area contributed by atoms with Gasteiger partial charge in [0.05, 0.1) is 19.0 Å². The fourth-order valence-corrected chi connectivity index (χ4v) is 3.82. The number of nitrogens with zero attached hydrogens (tertiary/aromatic N) is 3. The van der Waals surface area contributed by atoms with Crippen LogP contribution in [0.2, 0.25) is 0 Å². The van der Waals surface area contributed by atoms with Gasteiger partial charge in [0.15, 0.2) is 11.2 Å². The van der Waals surface area contributed by atoms with E-state index >= 15 is 0 Å². The number of nitrogens with one attached hydrogen (secondary N) is 4. The zero-order chi connectivity index (χ0) is 22.5. The third-order valence-electron chi connectivity index (χ3n) is 4.52. The molecule has 0 saturated heterocycles. The molecule has 2 heterocycles. The molecule has 0 bridgehead atoms. The van der Waals surface area contributed by atoms with E-state index in [1.165, 1.54) is 6.33 Å². The SMILES string of the molecule is CC(Cn1cnc2c(=O)[nH]c(N)nc21)OCP(O)NCCCNCCCNCCCN. The molecule has 13 heteroatoms. The van der Waals surface area contributed by atoms with Crippen molar-refractivity contribution in [1.82, 2.24) is 35.2 Å². The number of hydrogen-bond donors (Lipinski definition) is 7. The van der Waals surface area contributed by atoms with Gasteiger partial charge in [0, 0.05) is 6.54 Å². The smallest absolute Gasteiger partial charge is 0.280 e. The number of rotatable bonds is 17. The number of nitrogen functional groups attached to an aromatic ring is 1. The normalized spacial score (nSPS) is 13.6. The highest BCUT2D eigenvalue weighted by Crippen LogP contribution is 2.24. The van der Waals surface area contributed by atoms with Gasteiger partial charge in [-0.25, -0.2) is 4.98 Å². The standard InChI is InChI=1S/C18H36N9O3P/c1-14(11-27-12-23-15-16(27)25-18(20)26-17(15)28)30-13-31(29)24-10-4-9-22-8-3-7-21-6-2-5-19/h12,14,21-22,24,29H,2-11,13,19H2,1H3,(H3,20,25,26,28). The zero-order valence-electron chi connectivity index (χ0n) is 18.1. The molecule has 0 spiro atoms. The number of aromatic amines is 1. The molecule has 0 fully saturated rings. The molecule has 176 valence electrons. The van der Waals surface area contributed by atoms with Crippen molar-refractivity contribution in [3.8, 4) is 0 Å². The number of aromatic nitrogens is 4. The second-order valence-corrected chi connectivity index (χ2v) is 8.66. The molecule has 0 aromatic carbocycles. The van der Waals surface area contributed by atoms with Gasteiger partial charge in [-0.2, -0.15) is 4.98 Å². The van der Waals surface area contributed by atoms with Gasteiger partial charge in [-0.3, -0.25) is 14.9 Å². The monoisotopic (exact) mass is 457 g/mol. The van der Waals surface area contributed by atoms with E-state index in [1.54, 1.807) is 4.57 Å². The lowest BCUT2D eigenvalue weighted by atomic mass is 10.3. The molecule has 9 N–H and O–H groups in total. The van der Waals surface area contributed by atoms with Crippen molar-refractivity contribution in [2.45, 2.75) is 38.8 Å². The van der Waals surface area contributed by atoms with Gasteiger partial charge < -0.3 is 36.3 Å². The van der Waals surface area contributed by atoms with E-state index in [0.717, 1.165) is 58.5 Å². The Morgan fingerprint density at radius 3 is 2.61 bits per heavy atom. The lowest BCUT2D eigenvalue weighted by Crippen LogP contribution is -2.25. The summed E-state index contributed by atoms with van der Waals surface area (Å²) in [6, 6.07) is 0. The average Bonchev–Trinajstić information content (AvgIpc) is 3.13. The Labute approximate surface area is 183 Å². The number of ether oxygens (including phenoxy) is 1. The molecule has 2 aromatic heterocycles. The first-order chi connectivity index (χ1) is 15.0. The van der Waals surface area contributed by atoms with E-state index in [0.29, 0.717) is 12.2 Å². The van der Waals surface area contributed by atoms with Gasteiger partial charge in [-0.1, -0.05) is 0 Å². The maximum Gasteiger partial charge on any atom is 0.280 e. The zero-order valence-corrected chi connectivity index (χ0v) is 19.0. The Hall–Kier alpha value is -1.66. The summed E-state index contributed by atoms with van der Waals surface area (Å²) in [7, 11) is -1.39. The maximum absolute atomic E-state index is 11.8. The molecule has 0 amide bonds. The first-order valence-electron chi connectivity index (χ1n) is 10.6. The summed E-state index contributed by atoms with van der Waals surface area (Å²) in [5, 5.41) is 9.84. The first kappa shape index (κ1) is 25.6. The van der Waals surface area contributed by atoms with Crippen LogP contribution in [0.15, 0.2) is 11.1 Å². The number of fused-ring (bicyclic) bond motifs is 1. The van der Waals surface area contributed by atoms with Crippen LogP contribution in [0.1, 0.15) is 26.2 Å². The summed E-state index contributed by atoms with van der Waals surface area (Å²) >= 11 is 0. The van der Waals surface area contributed by atoms with Crippen LogP contribution >= 0.6 is 8.30 Å². The van der Waals surface area contributed by atoms with Crippen molar-refractivity contribution < 1.29 is 9.63 Å². The van der Waals surface area contributed by atoms with Crippen LogP contribution in [0.3, 0.4) is 0 Å². The minimum absolute atomic E-state index is 0.0459. The lowest BCUT2D eigenvalue weighted by Gasteiger charge is -2.17. The summed E-state index contributed by atoms with van der Waals surface area (Å²) in [5.74, 6) is 0.0459. The molecule has 0 aliphatic carbocycles. The van der Waals surface area contributed by atoms with Crippen LogP contribution in [0.4, 0.5) is 5.95 Å². The summed E-state index contributed by atoms with van der Waals surface area (Å²) in [6.07, 6.45) is 4.59. The molecule has 0 aliphatic heterocycles. The molecule has 0 aliphatic rings. The Bertz CT molecular complexity index is 816. The highest BCUT2D eigenvalue weighted by Gasteiger charge is 2.13. The van der Waals surface area contributed by atoms with Gasteiger partial charge in [0.25, 0.3) is 5.56 Å². The van der Waals surface area contributed by atoms with Crippen molar-refractivity contribution in [2.75, 3.05) is 51.4 Å². The number of hydrogen-bond acceptors (Lipinski definition) is 10. The molecule has 2 rings (SSSR count). The Kier molecular flexibility index (Phi) is 11.9. The Balaban J connectivity index is 1.54. The quantitative estimate of drug-likeness (QED) is 0.118. The van der Waals surface area contributed by atoms with Crippen molar-refractivity contribution in [2.24, 2.45) is 5.73 Å². The molecule has 0 saturated carbocycles. The first-order valence-corrected chi connectivity index (χ1v) is 12.1. The van der Waals surface area contributed by atoms with E-state index < -0.39 is 8.30 Å². The minimum Gasteiger partial charge on any atom is -0.369 e. The highest BCUT2D eigenvalue weighted by molar-refractivity contribution is 7.49. The largest absolute Gasteiger partial charge is 0.369 e. The summed E-state index contributed by atoms with van der Waals surface area (Å²) in [5.41, 5.74) is 11.3.